The summed E-state index contributed by atoms with van der Waals surface area (Å²) in [5.74, 6) is 0.660. The summed E-state index contributed by atoms with van der Waals surface area (Å²) in [5.41, 5.74) is 0. The lowest BCUT2D eigenvalue weighted by atomic mass is 9.95. The van der Waals surface area contributed by atoms with Gasteiger partial charge in [-0.3, -0.25) is 4.79 Å². The molecule has 1 heterocycles. The first-order chi connectivity index (χ1) is 4.30. The predicted molar refractivity (Wildman–Crippen MR) is 35.3 cm³/mol. The van der Waals surface area contributed by atoms with Crippen molar-refractivity contribution in [3.8, 4) is 0 Å². The zero-order valence-electron chi connectivity index (χ0n) is 5.76. The van der Waals surface area contributed by atoms with E-state index >= 15 is 0 Å². The van der Waals surface area contributed by atoms with Gasteiger partial charge in [0.05, 0.1) is 0 Å². The fraction of sp³-hybridized carbons (Fsp3) is 0.857. The maximum atomic E-state index is 10.8. The minimum absolute atomic E-state index is 0.322. The maximum absolute atomic E-state index is 10.8. The molecule has 1 fully saturated rings. The van der Waals surface area contributed by atoms with Crippen LogP contribution in [0.5, 0.6) is 0 Å². The number of carbonyl (C=O) groups is 1. The van der Waals surface area contributed by atoms with E-state index in [0.717, 1.165) is 25.9 Å². The average Bonchev–Trinajstić information content (AvgIpc) is 1.90. The van der Waals surface area contributed by atoms with Gasteiger partial charge >= 0.3 is 0 Å². The lowest BCUT2D eigenvalue weighted by molar-refractivity contribution is -0.121. The standard InChI is InChI=1S/C7H12NO/c1-6(9)7-2-4-8-5-3-7/h7H,2-5H2,1H3. The molecule has 0 aromatic heterocycles. The number of rotatable bonds is 1. The summed E-state index contributed by atoms with van der Waals surface area (Å²) in [6.07, 6.45) is 1.96. The molecule has 0 atom stereocenters. The van der Waals surface area contributed by atoms with Crippen molar-refractivity contribution < 1.29 is 4.79 Å². The van der Waals surface area contributed by atoms with E-state index in [4.69, 9.17) is 0 Å². The van der Waals surface area contributed by atoms with Gasteiger partial charge in [-0.15, -0.1) is 0 Å². The first-order valence-corrected chi connectivity index (χ1v) is 3.44. The molecule has 1 radical (unpaired) electrons. The van der Waals surface area contributed by atoms with Gasteiger partial charge < -0.3 is 0 Å². The normalized spacial score (nSPS) is 21.9. The number of nitrogens with zero attached hydrogens (tertiary/aromatic N) is 1. The van der Waals surface area contributed by atoms with Gasteiger partial charge in [0, 0.05) is 19.0 Å². The second kappa shape index (κ2) is 2.97. The second-order valence-corrected chi connectivity index (χ2v) is 2.56. The molecular formula is C7H12NO. The van der Waals surface area contributed by atoms with Gasteiger partial charge in [-0.1, -0.05) is 0 Å². The third-order valence-corrected chi connectivity index (χ3v) is 1.85. The summed E-state index contributed by atoms with van der Waals surface area (Å²) in [7, 11) is 0. The Morgan fingerprint density at radius 1 is 1.44 bits per heavy atom. The minimum Gasteiger partial charge on any atom is -0.300 e. The molecule has 2 nitrogen and oxygen atoms in total. The van der Waals surface area contributed by atoms with Crippen LogP contribution in [0.25, 0.3) is 0 Å². The first-order valence-electron chi connectivity index (χ1n) is 3.44. The fourth-order valence-electron chi connectivity index (χ4n) is 1.16. The van der Waals surface area contributed by atoms with E-state index in [1.807, 2.05) is 0 Å². The molecule has 2 heteroatoms. The van der Waals surface area contributed by atoms with Gasteiger partial charge in [-0.2, -0.15) is 0 Å². The van der Waals surface area contributed by atoms with E-state index in [1.165, 1.54) is 0 Å². The molecule has 0 spiro atoms. The van der Waals surface area contributed by atoms with Gasteiger partial charge in [-0.05, 0) is 19.8 Å². The fourth-order valence-corrected chi connectivity index (χ4v) is 1.16. The molecule has 0 saturated carbocycles. The summed E-state index contributed by atoms with van der Waals surface area (Å²) in [6, 6.07) is 0. The van der Waals surface area contributed by atoms with Crippen LogP contribution < -0.4 is 5.32 Å². The number of carbonyl (C=O) groups excluding carboxylic acids is 1. The lowest BCUT2D eigenvalue weighted by Crippen LogP contribution is -2.26. The Morgan fingerprint density at radius 3 is 2.33 bits per heavy atom. The van der Waals surface area contributed by atoms with Gasteiger partial charge in [0.1, 0.15) is 5.78 Å². The van der Waals surface area contributed by atoms with Crippen molar-refractivity contribution in [2.75, 3.05) is 13.1 Å². The van der Waals surface area contributed by atoms with Crippen molar-refractivity contribution >= 4 is 5.78 Å². The average molecular weight is 126 g/mol. The van der Waals surface area contributed by atoms with Gasteiger partial charge in [0.15, 0.2) is 0 Å². The zero-order chi connectivity index (χ0) is 6.69. The molecule has 1 saturated heterocycles. The van der Waals surface area contributed by atoms with Crippen molar-refractivity contribution in [3.05, 3.63) is 0 Å². The number of hydrogen-bond donors (Lipinski definition) is 0. The van der Waals surface area contributed by atoms with Crippen LogP contribution >= 0.6 is 0 Å². The second-order valence-electron chi connectivity index (χ2n) is 2.56. The number of ketones is 1. The van der Waals surface area contributed by atoms with Gasteiger partial charge in [-0.25, -0.2) is 5.32 Å². The van der Waals surface area contributed by atoms with Crippen LogP contribution in [0.2, 0.25) is 0 Å². The van der Waals surface area contributed by atoms with E-state index in [2.05, 4.69) is 5.32 Å². The molecule has 0 aromatic rings. The summed E-state index contributed by atoms with van der Waals surface area (Å²) in [5, 5.41) is 4.16. The highest BCUT2D eigenvalue weighted by Crippen LogP contribution is 2.12. The predicted octanol–water partition coefficient (Wildman–Crippen LogP) is 0.590. The number of Topliss-reactive ketones (excluding diaryl/α,β-unsaturated/α-hetero) is 1. The molecule has 1 aliphatic rings. The van der Waals surface area contributed by atoms with Crippen molar-refractivity contribution in [2.24, 2.45) is 5.92 Å². The summed E-state index contributed by atoms with van der Waals surface area (Å²) < 4.78 is 0. The Balaban J connectivity index is 2.31. The van der Waals surface area contributed by atoms with Crippen LogP contribution in [0, 0.1) is 5.92 Å². The Hall–Kier alpha value is -0.370. The third kappa shape index (κ3) is 1.79. The van der Waals surface area contributed by atoms with E-state index in [1.54, 1.807) is 6.92 Å². The monoisotopic (exact) mass is 126 g/mol. The summed E-state index contributed by atoms with van der Waals surface area (Å²) >= 11 is 0. The van der Waals surface area contributed by atoms with Crippen molar-refractivity contribution in [1.82, 2.24) is 5.32 Å². The third-order valence-electron chi connectivity index (χ3n) is 1.85. The number of piperidine rings is 1. The van der Waals surface area contributed by atoms with Crippen LogP contribution in [0.4, 0.5) is 0 Å². The van der Waals surface area contributed by atoms with Gasteiger partial charge in [0.2, 0.25) is 0 Å². The summed E-state index contributed by atoms with van der Waals surface area (Å²) in [4.78, 5) is 10.8. The molecule has 0 aromatic carbocycles. The van der Waals surface area contributed by atoms with E-state index in [0.29, 0.717) is 11.7 Å². The molecular weight excluding hydrogens is 114 g/mol. The summed E-state index contributed by atoms with van der Waals surface area (Å²) in [6.45, 7) is 3.46. The van der Waals surface area contributed by atoms with Crippen LogP contribution in [-0.4, -0.2) is 18.9 Å². The molecule has 51 valence electrons. The van der Waals surface area contributed by atoms with Crippen LogP contribution in [0.1, 0.15) is 19.8 Å². The molecule has 1 aliphatic heterocycles. The molecule has 0 N–H and O–H groups in total. The molecule has 9 heavy (non-hydrogen) atoms. The van der Waals surface area contributed by atoms with Crippen molar-refractivity contribution in [3.63, 3.8) is 0 Å². The van der Waals surface area contributed by atoms with E-state index < -0.39 is 0 Å². The van der Waals surface area contributed by atoms with E-state index in [9.17, 15) is 4.79 Å². The molecule has 0 aliphatic carbocycles. The van der Waals surface area contributed by atoms with Crippen LogP contribution in [0.15, 0.2) is 0 Å². The largest absolute Gasteiger partial charge is 0.300 e. The zero-order valence-corrected chi connectivity index (χ0v) is 5.76. The minimum atomic E-state index is 0.322. The highest BCUT2D eigenvalue weighted by Gasteiger charge is 2.16. The molecule has 0 amide bonds. The Labute approximate surface area is 55.6 Å². The lowest BCUT2D eigenvalue weighted by Gasteiger charge is -2.17. The van der Waals surface area contributed by atoms with Crippen molar-refractivity contribution in [1.29, 1.82) is 0 Å². The van der Waals surface area contributed by atoms with Crippen LogP contribution in [0.3, 0.4) is 0 Å². The highest BCUT2D eigenvalue weighted by molar-refractivity contribution is 5.78. The Kier molecular flexibility index (Phi) is 2.22. The van der Waals surface area contributed by atoms with Gasteiger partial charge in [0.25, 0.3) is 0 Å². The maximum Gasteiger partial charge on any atom is 0.133 e. The first kappa shape index (κ1) is 6.75. The topological polar surface area (TPSA) is 31.2 Å². The van der Waals surface area contributed by atoms with E-state index in [-0.39, 0.29) is 0 Å². The quantitative estimate of drug-likeness (QED) is 0.506. The molecule has 1 rings (SSSR count). The SMILES string of the molecule is CC(=O)C1CC[N]CC1. The Bertz CT molecular complexity index is 105. The highest BCUT2D eigenvalue weighted by atomic mass is 16.1. The Morgan fingerprint density at radius 2 is 2.00 bits per heavy atom. The van der Waals surface area contributed by atoms with Crippen molar-refractivity contribution in [2.45, 2.75) is 19.8 Å². The number of hydrogen-bond acceptors (Lipinski definition) is 1. The molecule has 0 unspecified atom stereocenters. The smallest absolute Gasteiger partial charge is 0.133 e. The van der Waals surface area contributed by atoms with Crippen LogP contribution in [-0.2, 0) is 4.79 Å². The molecule has 0 bridgehead atoms.